The number of aryl methyl sites for hydroxylation is 1. The number of aromatic nitrogens is 2. The minimum Gasteiger partial charge on any atom is -0.307 e. The predicted molar refractivity (Wildman–Crippen MR) is 73.1 cm³/mol. The van der Waals surface area contributed by atoms with Gasteiger partial charge in [0.1, 0.15) is 5.01 Å². The predicted octanol–water partition coefficient (Wildman–Crippen LogP) is 1.45. The molecule has 0 radical (unpaired) electrons. The molecule has 0 unspecified atom stereocenters. The lowest BCUT2D eigenvalue weighted by molar-refractivity contribution is -0.134. The Bertz CT molecular complexity index is 597. The molecule has 6 nitrogen and oxygen atoms in total. The average molecular weight is 276 g/mol. The maximum absolute atomic E-state index is 11.9. The molecule has 2 amide bonds. The molecule has 98 valence electrons. The molecule has 2 aromatic rings. The van der Waals surface area contributed by atoms with Crippen molar-refractivity contribution in [1.82, 2.24) is 10.2 Å². The van der Waals surface area contributed by atoms with E-state index in [9.17, 15) is 9.59 Å². The standard InChI is InChI=1S/C12H12N4O2S/c1-8-14-15-12(19-8)13-10(17)11(18)16(2)9-6-4-3-5-7-9/h3-7H,1-2H3,(H,13,15,17). The Morgan fingerprint density at radius 2 is 1.89 bits per heavy atom. The van der Waals surface area contributed by atoms with E-state index in [1.165, 1.54) is 16.2 Å². The van der Waals surface area contributed by atoms with Gasteiger partial charge in [-0.05, 0) is 19.1 Å². The third kappa shape index (κ3) is 3.14. The van der Waals surface area contributed by atoms with E-state index in [4.69, 9.17) is 0 Å². The van der Waals surface area contributed by atoms with Crippen LogP contribution in [0.15, 0.2) is 30.3 Å². The van der Waals surface area contributed by atoms with Gasteiger partial charge in [0.25, 0.3) is 0 Å². The SMILES string of the molecule is Cc1nnc(NC(=O)C(=O)N(C)c2ccccc2)s1. The summed E-state index contributed by atoms with van der Waals surface area (Å²) in [5, 5.41) is 11.0. The molecule has 0 atom stereocenters. The molecule has 0 bridgehead atoms. The Morgan fingerprint density at radius 1 is 1.21 bits per heavy atom. The second-order valence-corrected chi connectivity index (χ2v) is 4.96. The van der Waals surface area contributed by atoms with Gasteiger partial charge >= 0.3 is 11.8 Å². The number of nitrogens with one attached hydrogen (secondary N) is 1. The van der Waals surface area contributed by atoms with Crippen LogP contribution in [-0.4, -0.2) is 29.1 Å². The highest BCUT2D eigenvalue weighted by atomic mass is 32.1. The van der Waals surface area contributed by atoms with E-state index in [1.807, 2.05) is 6.07 Å². The summed E-state index contributed by atoms with van der Waals surface area (Å²) in [6.45, 7) is 1.77. The molecule has 0 spiro atoms. The molecule has 1 aromatic heterocycles. The summed E-state index contributed by atoms with van der Waals surface area (Å²) < 4.78 is 0. The van der Waals surface area contributed by atoms with Crippen LogP contribution in [0.1, 0.15) is 5.01 Å². The van der Waals surface area contributed by atoms with Gasteiger partial charge in [-0.1, -0.05) is 29.5 Å². The second-order valence-electron chi connectivity index (χ2n) is 3.78. The van der Waals surface area contributed by atoms with Crippen LogP contribution in [0.4, 0.5) is 10.8 Å². The monoisotopic (exact) mass is 276 g/mol. The molecule has 0 aliphatic rings. The third-order valence-corrected chi connectivity index (χ3v) is 3.14. The number of anilines is 2. The van der Waals surface area contributed by atoms with Gasteiger partial charge in [0.2, 0.25) is 5.13 Å². The number of carbonyl (C=O) groups excluding carboxylic acids is 2. The number of para-hydroxylation sites is 1. The van der Waals surface area contributed by atoms with Crippen molar-refractivity contribution in [3.05, 3.63) is 35.3 Å². The summed E-state index contributed by atoms with van der Waals surface area (Å²) in [5.74, 6) is -1.39. The van der Waals surface area contributed by atoms with Crippen LogP contribution in [0.25, 0.3) is 0 Å². The van der Waals surface area contributed by atoms with E-state index in [1.54, 1.807) is 38.2 Å². The molecule has 1 N–H and O–H groups in total. The smallest absolute Gasteiger partial charge is 0.307 e. The summed E-state index contributed by atoms with van der Waals surface area (Å²) in [4.78, 5) is 25.0. The first kappa shape index (κ1) is 13.2. The molecular weight excluding hydrogens is 264 g/mol. The maximum atomic E-state index is 11.9. The first-order valence-corrected chi connectivity index (χ1v) is 6.34. The van der Waals surface area contributed by atoms with Gasteiger partial charge in [0.05, 0.1) is 0 Å². The number of nitrogens with zero attached hydrogens (tertiary/aromatic N) is 3. The first-order chi connectivity index (χ1) is 9.08. The number of hydrogen-bond acceptors (Lipinski definition) is 5. The fraction of sp³-hybridized carbons (Fsp3) is 0.167. The van der Waals surface area contributed by atoms with Crippen molar-refractivity contribution >= 4 is 34.0 Å². The van der Waals surface area contributed by atoms with E-state index in [0.29, 0.717) is 10.8 Å². The van der Waals surface area contributed by atoms with Crippen molar-refractivity contribution in [2.24, 2.45) is 0 Å². The van der Waals surface area contributed by atoms with Crippen molar-refractivity contribution < 1.29 is 9.59 Å². The average Bonchev–Trinajstić information content (AvgIpc) is 2.83. The summed E-state index contributed by atoms with van der Waals surface area (Å²) in [6.07, 6.45) is 0. The Labute approximate surface area is 114 Å². The number of benzene rings is 1. The number of carbonyl (C=O) groups is 2. The zero-order valence-electron chi connectivity index (χ0n) is 10.5. The molecular formula is C12H12N4O2S. The number of hydrogen-bond donors (Lipinski definition) is 1. The van der Waals surface area contributed by atoms with Crippen LogP contribution < -0.4 is 10.2 Å². The lowest BCUT2D eigenvalue weighted by Gasteiger charge is -2.15. The first-order valence-electron chi connectivity index (χ1n) is 5.52. The normalized spacial score (nSPS) is 10.0. The van der Waals surface area contributed by atoms with Crippen LogP contribution in [0.2, 0.25) is 0 Å². The van der Waals surface area contributed by atoms with Gasteiger partial charge in [-0.2, -0.15) is 0 Å². The van der Waals surface area contributed by atoms with Crippen molar-refractivity contribution in [2.75, 3.05) is 17.3 Å². The van der Waals surface area contributed by atoms with Crippen molar-refractivity contribution in [2.45, 2.75) is 6.92 Å². The summed E-state index contributed by atoms with van der Waals surface area (Å²) in [7, 11) is 1.54. The highest BCUT2D eigenvalue weighted by Gasteiger charge is 2.21. The van der Waals surface area contributed by atoms with E-state index in [0.717, 1.165) is 5.01 Å². The fourth-order valence-corrected chi connectivity index (χ4v) is 2.01. The molecule has 7 heteroatoms. The van der Waals surface area contributed by atoms with Crippen molar-refractivity contribution in [3.63, 3.8) is 0 Å². The van der Waals surface area contributed by atoms with Crippen LogP contribution in [0, 0.1) is 6.92 Å². The molecule has 19 heavy (non-hydrogen) atoms. The maximum Gasteiger partial charge on any atom is 0.316 e. The van der Waals surface area contributed by atoms with Gasteiger partial charge in [0.15, 0.2) is 0 Å². The topological polar surface area (TPSA) is 75.2 Å². The molecule has 1 aromatic carbocycles. The van der Waals surface area contributed by atoms with Crippen molar-refractivity contribution in [1.29, 1.82) is 0 Å². The molecule has 0 saturated carbocycles. The number of rotatable bonds is 2. The molecule has 2 rings (SSSR count). The van der Waals surface area contributed by atoms with Gasteiger partial charge in [-0.3, -0.25) is 14.9 Å². The van der Waals surface area contributed by atoms with Crippen LogP contribution in [0.5, 0.6) is 0 Å². The highest BCUT2D eigenvalue weighted by molar-refractivity contribution is 7.15. The molecule has 0 aliphatic carbocycles. The largest absolute Gasteiger partial charge is 0.316 e. The fourth-order valence-electron chi connectivity index (χ4n) is 1.42. The molecule has 1 heterocycles. The Hall–Kier alpha value is -2.28. The lowest BCUT2D eigenvalue weighted by atomic mass is 10.3. The molecule has 0 aliphatic heterocycles. The van der Waals surface area contributed by atoms with E-state index in [2.05, 4.69) is 15.5 Å². The number of likely N-dealkylation sites (N-methyl/N-ethyl adjacent to an activating group) is 1. The van der Waals surface area contributed by atoms with Crippen molar-refractivity contribution in [3.8, 4) is 0 Å². The summed E-state index contributed by atoms with van der Waals surface area (Å²) >= 11 is 1.22. The minimum absolute atomic E-state index is 0.317. The van der Waals surface area contributed by atoms with Gasteiger partial charge in [-0.15, -0.1) is 10.2 Å². The second kappa shape index (κ2) is 5.57. The third-order valence-electron chi connectivity index (χ3n) is 2.39. The zero-order valence-corrected chi connectivity index (χ0v) is 11.3. The van der Waals surface area contributed by atoms with Gasteiger partial charge in [-0.25, -0.2) is 0 Å². The Balaban J connectivity index is 2.05. The zero-order chi connectivity index (χ0) is 13.8. The Morgan fingerprint density at radius 3 is 2.47 bits per heavy atom. The van der Waals surface area contributed by atoms with E-state index >= 15 is 0 Å². The Kier molecular flexibility index (Phi) is 3.86. The lowest BCUT2D eigenvalue weighted by Crippen LogP contribution is -2.37. The van der Waals surface area contributed by atoms with E-state index < -0.39 is 11.8 Å². The van der Waals surface area contributed by atoms with Crippen LogP contribution >= 0.6 is 11.3 Å². The minimum atomic E-state index is -0.734. The quantitative estimate of drug-likeness (QED) is 0.842. The molecule has 0 saturated heterocycles. The van der Waals surface area contributed by atoms with Gasteiger partial charge in [0, 0.05) is 12.7 Å². The summed E-state index contributed by atoms with van der Waals surface area (Å²) in [5.41, 5.74) is 0.649. The van der Waals surface area contributed by atoms with Gasteiger partial charge < -0.3 is 4.90 Å². The van der Waals surface area contributed by atoms with Crippen LogP contribution in [-0.2, 0) is 9.59 Å². The van der Waals surface area contributed by atoms with E-state index in [-0.39, 0.29) is 0 Å². The highest BCUT2D eigenvalue weighted by Crippen LogP contribution is 2.15. The van der Waals surface area contributed by atoms with Crippen LogP contribution in [0.3, 0.4) is 0 Å². The summed E-state index contributed by atoms with van der Waals surface area (Å²) in [6, 6.07) is 8.93. The molecule has 0 fully saturated rings. The number of amides is 2.